The number of fused-ring (bicyclic) bond motifs is 1. The zero-order chi connectivity index (χ0) is 23.0. The Morgan fingerprint density at radius 3 is 2.48 bits per heavy atom. The number of amides is 2. The van der Waals surface area contributed by atoms with Gasteiger partial charge in [-0.1, -0.05) is 0 Å². The molecule has 1 atom stereocenters. The van der Waals surface area contributed by atoms with Crippen LogP contribution < -0.4 is 29.7 Å². The van der Waals surface area contributed by atoms with Crippen molar-refractivity contribution in [1.82, 2.24) is 15.5 Å². The Balaban J connectivity index is 1.11. The van der Waals surface area contributed by atoms with Crippen molar-refractivity contribution in [2.45, 2.75) is 18.9 Å². The average Bonchev–Trinajstić information content (AvgIpc) is 2.86. The van der Waals surface area contributed by atoms with E-state index in [2.05, 4.69) is 32.6 Å². The molecule has 8 heteroatoms. The van der Waals surface area contributed by atoms with Crippen LogP contribution in [-0.2, 0) is 6.42 Å². The number of ether oxygens (including phenoxy) is 3. The highest BCUT2D eigenvalue weighted by Gasteiger charge is 2.22. The van der Waals surface area contributed by atoms with E-state index in [-0.39, 0.29) is 12.1 Å². The first-order valence-corrected chi connectivity index (χ1v) is 11.6. The molecule has 2 N–H and O–H groups in total. The van der Waals surface area contributed by atoms with Gasteiger partial charge in [0.15, 0.2) is 0 Å². The predicted molar refractivity (Wildman–Crippen MR) is 129 cm³/mol. The van der Waals surface area contributed by atoms with E-state index >= 15 is 0 Å². The van der Waals surface area contributed by atoms with Gasteiger partial charge in [0.2, 0.25) is 0 Å². The van der Waals surface area contributed by atoms with E-state index in [0.717, 1.165) is 68.4 Å². The van der Waals surface area contributed by atoms with Gasteiger partial charge in [-0.2, -0.15) is 0 Å². The SMILES string of the molecule is COc1ccc(N2CCN(CCCNC(=O)N[C@H]3COc4ccc(OC)cc4C3)CC2)cc1. The Kier molecular flexibility index (Phi) is 7.78. The Bertz CT molecular complexity index is 913. The molecule has 0 aliphatic carbocycles. The van der Waals surface area contributed by atoms with Crippen molar-refractivity contribution in [1.29, 1.82) is 0 Å². The van der Waals surface area contributed by atoms with Crippen molar-refractivity contribution < 1.29 is 19.0 Å². The lowest BCUT2D eigenvalue weighted by atomic mass is 10.0. The van der Waals surface area contributed by atoms with Gasteiger partial charge in [-0.15, -0.1) is 0 Å². The van der Waals surface area contributed by atoms with Crippen LogP contribution in [0.25, 0.3) is 0 Å². The Morgan fingerprint density at radius 1 is 1.03 bits per heavy atom. The molecule has 2 heterocycles. The summed E-state index contributed by atoms with van der Waals surface area (Å²) in [5.41, 5.74) is 2.29. The largest absolute Gasteiger partial charge is 0.497 e. The number of nitrogens with one attached hydrogen (secondary N) is 2. The zero-order valence-electron chi connectivity index (χ0n) is 19.5. The third-order valence-electron chi connectivity index (χ3n) is 6.26. The minimum absolute atomic E-state index is 0.0457. The van der Waals surface area contributed by atoms with E-state index in [1.54, 1.807) is 14.2 Å². The van der Waals surface area contributed by atoms with Crippen molar-refractivity contribution in [3.63, 3.8) is 0 Å². The second kappa shape index (κ2) is 11.1. The predicted octanol–water partition coefficient (Wildman–Crippen LogP) is 2.52. The van der Waals surface area contributed by atoms with Crippen molar-refractivity contribution in [3.8, 4) is 17.2 Å². The molecule has 0 unspecified atom stereocenters. The number of carbonyl (C=O) groups is 1. The number of rotatable bonds is 8. The van der Waals surface area contributed by atoms with Gasteiger partial charge < -0.3 is 29.7 Å². The van der Waals surface area contributed by atoms with E-state index in [0.29, 0.717) is 13.2 Å². The second-order valence-electron chi connectivity index (χ2n) is 8.47. The molecule has 1 fully saturated rings. The van der Waals surface area contributed by atoms with Crippen LogP contribution in [-0.4, -0.2) is 77.1 Å². The van der Waals surface area contributed by atoms with Gasteiger partial charge in [0.25, 0.3) is 0 Å². The number of benzene rings is 2. The van der Waals surface area contributed by atoms with Crippen LogP contribution in [0.2, 0.25) is 0 Å². The highest BCUT2D eigenvalue weighted by atomic mass is 16.5. The van der Waals surface area contributed by atoms with Crippen LogP contribution in [0.5, 0.6) is 17.2 Å². The van der Waals surface area contributed by atoms with Crippen molar-refractivity contribution in [2.75, 3.05) is 65.0 Å². The molecular formula is C25H34N4O4. The van der Waals surface area contributed by atoms with Crippen LogP contribution in [0.15, 0.2) is 42.5 Å². The number of methoxy groups -OCH3 is 2. The standard InChI is InChI=1S/C25H34N4O4/c1-31-22-6-4-21(5-7-22)29-14-12-28(13-15-29)11-3-10-26-25(30)27-20-16-19-17-23(32-2)8-9-24(19)33-18-20/h4-9,17,20H,3,10-16,18H2,1-2H3,(H2,26,27,30)/t20-/m1/s1. The summed E-state index contributed by atoms with van der Waals surface area (Å²) in [5.74, 6) is 2.55. The lowest BCUT2D eigenvalue weighted by Crippen LogP contribution is -2.48. The van der Waals surface area contributed by atoms with E-state index in [4.69, 9.17) is 14.2 Å². The maximum Gasteiger partial charge on any atom is 0.315 e. The topological polar surface area (TPSA) is 75.3 Å². The third kappa shape index (κ3) is 6.22. The zero-order valence-corrected chi connectivity index (χ0v) is 19.5. The number of nitrogens with zero attached hydrogens (tertiary/aromatic N) is 2. The molecule has 2 aliphatic rings. The first-order valence-electron chi connectivity index (χ1n) is 11.6. The summed E-state index contributed by atoms with van der Waals surface area (Å²) in [6.07, 6.45) is 1.66. The van der Waals surface area contributed by atoms with Crippen molar-refractivity contribution in [2.24, 2.45) is 0 Å². The van der Waals surface area contributed by atoms with Crippen molar-refractivity contribution in [3.05, 3.63) is 48.0 Å². The molecule has 2 aliphatic heterocycles. The van der Waals surface area contributed by atoms with Crippen LogP contribution in [0.4, 0.5) is 10.5 Å². The van der Waals surface area contributed by atoms with Gasteiger partial charge >= 0.3 is 6.03 Å². The van der Waals surface area contributed by atoms with E-state index < -0.39 is 0 Å². The Hall–Kier alpha value is -3.13. The molecule has 0 aromatic heterocycles. The summed E-state index contributed by atoms with van der Waals surface area (Å²) in [6, 6.07) is 13.8. The van der Waals surface area contributed by atoms with E-state index in [1.807, 2.05) is 30.3 Å². The number of hydrogen-bond acceptors (Lipinski definition) is 6. The Morgan fingerprint density at radius 2 is 1.76 bits per heavy atom. The lowest BCUT2D eigenvalue weighted by molar-refractivity contribution is 0.213. The van der Waals surface area contributed by atoms with Gasteiger partial charge in [-0.3, -0.25) is 4.90 Å². The molecule has 0 radical (unpaired) electrons. The molecule has 2 amide bonds. The normalized spacial score (nSPS) is 18.1. The fourth-order valence-corrected chi connectivity index (χ4v) is 4.35. The summed E-state index contributed by atoms with van der Waals surface area (Å²) in [5, 5.41) is 6.00. The molecule has 33 heavy (non-hydrogen) atoms. The number of carbonyl (C=O) groups excluding carboxylic acids is 1. The van der Waals surface area contributed by atoms with Crippen LogP contribution in [0, 0.1) is 0 Å². The van der Waals surface area contributed by atoms with Gasteiger partial charge in [0, 0.05) is 38.4 Å². The first kappa shape index (κ1) is 23.0. The van der Waals surface area contributed by atoms with Crippen LogP contribution in [0.3, 0.4) is 0 Å². The molecule has 8 nitrogen and oxygen atoms in total. The third-order valence-corrected chi connectivity index (χ3v) is 6.26. The summed E-state index contributed by atoms with van der Waals surface area (Å²) in [7, 11) is 3.34. The summed E-state index contributed by atoms with van der Waals surface area (Å²) in [4.78, 5) is 17.2. The van der Waals surface area contributed by atoms with Gasteiger partial charge in [0.05, 0.1) is 20.3 Å². The molecule has 178 valence electrons. The quantitative estimate of drug-likeness (QED) is 0.597. The smallest absolute Gasteiger partial charge is 0.315 e. The van der Waals surface area contributed by atoms with Crippen LogP contribution >= 0.6 is 0 Å². The molecule has 2 aromatic carbocycles. The number of urea groups is 1. The molecule has 0 bridgehead atoms. The second-order valence-corrected chi connectivity index (χ2v) is 8.47. The minimum Gasteiger partial charge on any atom is -0.497 e. The fourth-order valence-electron chi connectivity index (χ4n) is 4.35. The maximum atomic E-state index is 12.3. The number of anilines is 1. The van der Waals surface area contributed by atoms with Gasteiger partial charge in [-0.05, 0) is 67.4 Å². The van der Waals surface area contributed by atoms with E-state index in [1.165, 1.54) is 5.69 Å². The summed E-state index contributed by atoms with van der Waals surface area (Å²) in [6.45, 7) is 6.19. The first-order chi connectivity index (χ1) is 16.1. The highest BCUT2D eigenvalue weighted by molar-refractivity contribution is 5.74. The van der Waals surface area contributed by atoms with E-state index in [9.17, 15) is 4.79 Å². The van der Waals surface area contributed by atoms with Crippen LogP contribution in [0.1, 0.15) is 12.0 Å². The highest BCUT2D eigenvalue weighted by Crippen LogP contribution is 2.28. The van der Waals surface area contributed by atoms with Crippen molar-refractivity contribution >= 4 is 11.7 Å². The molecule has 2 aromatic rings. The molecule has 0 spiro atoms. The Labute approximate surface area is 195 Å². The molecule has 0 saturated carbocycles. The number of piperazine rings is 1. The summed E-state index contributed by atoms with van der Waals surface area (Å²) < 4.78 is 16.3. The monoisotopic (exact) mass is 454 g/mol. The molecule has 1 saturated heterocycles. The summed E-state index contributed by atoms with van der Waals surface area (Å²) >= 11 is 0. The fraction of sp³-hybridized carbons (Fsp3) is 0.480. The molecular weight excluding hydrogens is 420 g/mol. The lowest BCUT2D eigenvalue weighted by Gasteiger charge is -2.36. The minimum atomic E-state index is -0.140. The van der Waals surface area contributed by atoms with Gasteiger partial charge in [0.1, 0.15) is 23.9 Å². The molecule has 4 rings (SSSR count). The number of hydrogen-bond donors (Lipinski definition) is 2. The maximum absolute atomic E-state index is 12.3. The van der Waals surface area contributed by atoms with Gasteiger partial charge in [-0.25, -0.2) is 4.79 Å². The average molecular weight is 455 g/mol.